The monoisotopic (exact) mass is 326 g/mol. The Morgan fingerprint density at radius 1 is 0.542 bits per heavy atom. The summed E-state index contributed by atoms with van der Waals surface area (Å²) in [6.07, 6.45) is 27.8. The standard InChI is InChI=1S/C23H39B/c24-23(16-8-4-1-5-9-17-23)22-15-11-10-14-21(18-22,19-22)20-12-6-2-3-7-13-20/h20H,1-19H2. The quantitative estimate of drug-likeness (QED) is 0.367. The van der Waals surface area contributed by atoms with Crippen LogP contribution in [0.3, 0.4) is 0 Å². The van der Waals surface area contributed by atoms with Gasteiger partial charge in [-0.3, -0.25) is 0 Å². The summed E-state index contributed by atoms with van der Waals surface area (Å²) in [7, 11) is 7.26. The van der Waals surface area contributed by atoms with Gasteiger partial charge in [0.25, 0.3) is 0 Å². The highest BCUT2D eigenvalue weighted by atomic mass is 14.7. The van der Waals surface area contributed by atoms with Gasteiger partial charge in [0.15, 0.2) is 0 Å². The van der Waals surface area contributed by atoms with Gasteiger partial charge in [0.05, 0.1) is 7.85 Å². The first-order chi connectivity index (χ1) is 11.7. The van der Waals surface area contributed by atoms with Gasteiger partial charge in [-0.2, -0.15) is 0 Å². The molecule has 2 bridgehead atoms. The Labute approximate surface area is 152 Å². The largest absolute Gasteiger partial charge is 0.0753 e. The Kier molecular flexibility index (Phi) is 5.09. The van der Waals surface area contributed by atoms with Crippen LogP contribution in [0.1, 0.15) is 122 Å². The molecule has 2 radical (unpaired) electrons. The first-order valence-electron chi connectivity index (χ1n) is 11.5. The molecule has 5 aliphatic rings. The van der Waals surface area contributed by atoms with Crippen molar-refractivity contribution in [3.63, 3.8) is 0 Å². The second-order valence-electron chi connectivity index (χ2n) is 10.3. The zero-order valence-electron chi connectivity index (χ0n) is 16.1. The molecule has 0 aromatic heterocycles. The highest BCUT2D eigenvalue weighted by Crippen LogP contribution is 2.75. The van der Waals surface area contributed by atoms with Gasteiger partial charge in [0, 0.05) is 0 Å². The van der Waals surface area contributed by atoms with Crippen LogP contribution in [0.4, 0.5) is 0 Å². The molecule has 0 amide bonds. The molecule has 0 aliphatic heterocycles. The van der Waals surface area contributed by atoms with Crippen LogP contribution in [0, 0.1) is 16.7 Å². The van der Waals surface area contributed by atoms with Crippen LogP contribution < -0.4 is 0 Å². The van der Waals surface area contributed by atoms with Crippen LogP contribution in [0.15, 0.2) is 0 Å². The van der Waals surface area contributed by atoms with Gasteiger partial charge in [-0.05, 0) is 55.3 Å². The van der Waals surface area contributed by atoms with E-state index in [2.05, 4.69) is 0 Å². The van der Waals surface area contributed by atoms with Gasteiger partial charge in [0.2, 0.25) is 0 Å². The predicted molar refractivity (Wildman–Crippen MR) is 105 cm³/mol. The predicted octanol–water partition coefficient (Wildman–Crippen LogP) is 7.37. The summed E-state index contributed by atoms with van der Waals surface area (Å²) in [4.78, 5) is 0. The molecule has 0 atom stereocenters. The molecule has 0 unspecified atom stereocenters. The summed E-state index contributed by atoms with van der Waals surface area (Å²) in [6, 6.07) is 0. The molecular weight excluding hydrogens is 287 g/mol. The lowest BCUT2D eigenvalue weighted by Gasteiger charge is -2.66. The summed E-state index contributed by atoms with van der Waals surface area (Å²) in [6.45, 7) is 0. The van der Waals surface area contributed by atoms with Gasteiger partial charge in [-0.25, -0.2) is 0 Å². The molecule has 1 heteroatoms. The Hall–Kier alpha value is 0.0649. The fourth-order valence-corrected chi connectivity index (χ4v) is 7.64. The zero-order valence-corrected chi connectivity index (χ0v) is 16.1. The number of fused-ring (bicyclic) bond motifs is 3. The number of hydrogen-bond donors (Lipinski definition) is 0. The average molecular weight is 326 g/mol. The minimum atomic E-state index is 0.186. The molecule has 134 valence electrons. The molecule has 0 aromatic rings. The second kappa shape index (κ2) is 7.00. The van der Waals surface area contributed by atoms with E-state index in [-0.39, 0.29) is 5.31 Å². The van der Waals surface area contributed by atoms with Crippen molar-refractivity contribution < 1.29 is 0 Å². The van der Waals surface area contributed by atoms with E-state index < -0.39 is 0 Å². The fraction of sp³-hybridized carbons (Fsp3) is 1.00. The van der Waals surface area contributed by atoms with Crippen LogP contribution >= 0.6 is 0 Å². The van der Waals surface area contributed by atoms with E-state index in [1.807, 2.05) is 0 Å². The van der Waals surface area contributed by atoms with Crippen molar-refractivity contribution in [2.75, 3.05) is 0 Å². The summed E-state index contributed by atoms with van der Waals surface area (Å²) < 4.78 is 0. The van der Waals surface area contributed by atoms with Crippen molar-refractivity contribution in [3.05, 3.63) is 0 Å². The van der Waals surface area contributed by atoms with E-state index in [1.165, 1.54) is 122 Å². The zero-order chi connectivity index (χ0) is 16.5. The minimum Gasteiger partial charge on any atom is -0.0605 e. The van der Waals surface area contributed by atoms with E-state index in [1.54, 1.807) is 0 Å². The molecule has 5 fully saturated rings. The smallest absolute Gasteiger partial charge is 0.0605 e. The Morgan fingerprint density at radius 3 is 1.71 bits per heavy atom. The van der Waals surface area contributed by atoms with Crippen molar-refractivity contribution in [3.8, 4) is 0 Å². The van der Waals surface area contributed by atoms with Gasteiger partial charge in [-0.15, -0.1) is 0 Å². The first-order valence-corrected chi connectivity index (χ1v) is 11.5. The summed E-state index contributed by atoms with van der Waals surface area (Å²) in [5.74, 6) is 1.04. The van der Waals surface area contributed by atoms with E-state index in [4.69, 9.17) is 7.85 Å². The lowest BCUT2D eigenvalue weighted by molar-refractivity contribution is -0.116. The van der Waals surface area contributed by atoms with Crippen molar-refractivity contribution in [2.24, 2.45) is 16.7 Å². The first kappa shape index (κ1) is 17.5. The highest BCUT2D eigenvalue weighted by molar-refractivity contribution is 6.16. The third-order valence-electron chi connectivity index (χ3n) is 8.98. The van der Waals surface area contributed by atoms with Gasteiger partial charge in [0.1, 0.15) is 0 Å². The highest BCUT2D eigenvalue weighted by Gasteiger charge is 2.63. The maximum absolute atomic E-state index is 7.26. The van der Waals surface area contributed by atoms with Crippen molar-refractivity contribution >= 4 is 7.85 Å². The molecule has 0 spiro atoms. The summed E-state index contributed by atoms with van der Waals surface area (Å²) in [5, 5.41) is 0.186. The maximum Gasteiger partial charge on any atom is 0.0753 e. The lowest BCUT2D eigenvalue weighted by atomic mass is 9.34. The lowest BCUT2D eigenvalue weighted by Crippen LogP contribution is -2.55. The average Bonchev–Trinajstić information content (AvgIpc) is 2.97. The third-order valence-corrected chi connectivity index (χ3v) is 8.98. The van der Waals surface area contributed by atoms with E-state index in [0.717, 1.165) is 11.3 Å². The molecule has 0 saturated heterocycles. The minimum absolute atomic E-state index is 0.186. The van der Waals surface area contributed by atoms with Crippen molar-refractivity contribution in [2.45, 2.75) is 127 Å². The molecule has 0 N–H and O–H groups in total. The van der Waals surface area contributed by atoms with Gasteiger partial charge < -0.3 is 0 Å². The fourth-order valence-electron chi connectivity index (χ4n) is 7.64. The molecular formula is C23H39B. The SMILES string of the molecule is [B]C1(C23CCCCC(C4CCCCCC4)(C2)C3)CCCCCCC1. The van der Waals surface area contributed by atoms with E-state index >= 15 is 0 Å². The third kappa shape index (κ3) is 3.01. The van der Waals surface area contributed by atoms with Crippen LogP contribution in [0.5, 0.6) is 0 Å². The topological polar surface area (TPSA) is 0 Å². The van der Waals surface area contributed by atoms with Crippen LogP contribution in [0.2, 0.25) is 5.31 Å². The molecule has 0 aromatic carbocycles. The number of rotatable bonds is 2. The van der Waals surface area contributed by atoms with Gasteiger partial charge in [-0.1, -0.05) is 88.8 Å². The molecule has 0 nitrogen and oxygen atoms in total. The molecule has 5 rings (SSSR count). The molecule has 5 aliphatic carbocycles. The molecule has 24 heavy (non-hydrogen) atoms. The van der Waals surface area contributed by atoms with Crippen molar-refractivity contribution in [1.82, 2.24) is 0 Å². The van der Waals surface area contributed by atoms with Crippen molar-refractivity contribution in [1.29, 1.82) is 0 Å². The van der Waals surface area contributed by atoms with Crippen LogP contribution in [-0.2, 0) is 0 Å². The number of hydrogen-bond acceptors (Lipinski definition) is 0. The van der Waals surface area contributed by atoms with Crippen LogP contribution in [-0.4, -0.2) is 7.85 Å². The molecule has 0 heterocycles. The van der Waals surface area contributed by atoms with E-state index in [0.29, 0.717) is 5.41 Å². The summed E-state index contributed by atoms with van der Waals surface area (Å²) >= 11 is 0. The maximum atomic E-state index is 7.26. The Morgan fingerprint density at radius 2 is 1.04 bits per heavy atom. The molecule has 5 saturated carbocycles. The Balaban J connectivity index is 1.53. The second-order valence-corrected chi connectivity index (χ2v) is 10.3. The summed E-state index contributed by atoms with van der Waals surface area (Å²) in [5.41, 5.74) is 1.25. The van der Waals surface area contributed by atoms with Gasteiger partial charge >= 0.3 is 0 Å². The van der Waals surface area contributed by atoms with E-state index in [9.17, 15) is 0 Å². The normalized spacial score (nSPS) is 41.3. The Bertz CT molecular complexity index is 404. The van der Waals surface area contributed by atoms with Crippen LogP contribution in [0.25, 0.3) is 0 Å².